The maximum atomic E-state index is 12.4. The first-order valence-corrected chi connectivity index (χ1v) is 10.2. The van der Waals surface area contributed by atoms with Gasteiger partial charge in [-0.15, -0.1) is 0 Å². The van der Waals surface area contributed by atoms with Crippen molar-refractivity contribution in [3.8, 4) is 0 Å². The molecule has 0 saturated carbocycles. The predicted octanol–water partition coefficient (Wildman–Crippen LogP) is 0.544. The molecule has 4 N–H and O–H groups in total. The summed E-state index contributed by atoms with van der Waals surface area (Å²) >= 11 is 0. The van der Waals surface area contributed by atoms with E-state index in [0.29, 0.717) is 11.1 Å². The number of carbonyl (C=O) groups is 3. The number of sulfone groups is 1. The maximum absolute atomic E-state index is 12.4. The third-order valence-electron chi connectivity index (χ3n) is 3.97. The van der Waals surface area contributed by atoms with Crippen LogP contribution in [-0.2, 0) is 21.2 Å². The Balaban J connectivity index is 2.03. The van der Waals surface area contributed by atoms with Crippen molar-refractivity contribution in [3.63, 3.8) is 0 Å². The number of primary amides is 1. The van der Waals surface area contributed by atoms with E-state index in [1.165, 1.54) is 12.1 Å². The number of nitrogens with two attached hydrogens (primary N) is 1. The molecule has 3 amide bonds. The lowest BCUT2D eigenvalue weighted by Gasteiger charge is -2.10. The number of amides is 3. The van der Waals surface area contributed by atoms with E-state index < -0.39 is 27.6 Å². The highest BCUT2D eigenvalue weighted by atomic mass is 32.2. The van der Waals surface area contributed by atoms with Gasteiger partial charge in [-0.05, 0) is 42.3 Å². The SMILES string of the molecule is Cc1ccc(S(C)(=O)=O)cc1C(=O)NCc1ccc(C(=O)NCC(N)=O)cc1. The van der Waals surface area contributed by atoms with Gasteiger partial charge in [-0.3, -0.25) is 14.4 Å². The van der Waals surface area contributed by atoms with Crippen molar-refractivity contribution in [2.45, 2.75) is 18.4 Å². The van der Waals surface area contributed by atoms with Crippen LogP contribution in [-0.4, -0.2) is 38.9 Å². The molecule has 0 atom stereocenters. The van der Waals surface area contributed by atoms with Crippen molar-refractivity contribution < 1.29 is 22.8 Å². The highest BCUT2D eigenvalue weighted by Gasteiger charge is 2.14. The molecule has 28 heavy (non-hydrogen) atoms. The molecule has 9 heteroatoms. The highest BCUT2D eigenvalue weighted by Crippen LogP contribution is 2.16. The molecule has 8 nitrogen and oxygen atoms in total. The monoisotopic (exact) mass is 403 g/mol. The number of aryl methyl sites for hydroxylation is 1. The zero-order valence-electron chi connectivity index (χ0n) is 15.5. The number of carbonyl (C=O) groups excluding carboxylic acids is 3. The summed E-state index contributed by atoms with van der Waals surface area (Å²) in [7, 11) is -3.41. The molecule has 0 spiro atoms. The van der Waals surface area contributed by atoms with Gasteiger partial charge in [0.05, 0.1) is 11.4 Å². The van der Waals surface area contributed by atoms with Gasteiger partial charge in [0.1, 0.15) is 0 Å². The molecule has 2 aromatic rings. The fourth-order valence-electron chi connectivity index (χ4n) is 2.40. The van der Waals surface area contributed by atoms with Gasteiger partial charge in [-0.25, -0.2) is 8.42 Å². The summed E-state index contributed by atoms with van der Waals surface area (Å²) in [6, 6.07) is 10.9. The van der Waals surface area contributed by atoms with Crippen LogP contribution in [0, 0.1) is 6.92 Å². The first-order valence-electron chi connectivity index (χ1n) is 8.32. The number of hydrogen-bond acceptors (Lipinski definition) is 5. The van der Waals surface area contributed by atoms with Gasteiger partial charge in [0.25, 0.3) is 11.8 Å². The topological polar surface area (TPSA) is 135 Å². The van der Waals surface area contributed by atoms with Crippen molar-refractivity contribution in [3.05, 3.63) is 64.7 Å². The first kappa shape index (κ1) is 21.1. The minimum absolute atomic E-state index is 0.0783. The number of benzene rings is 2. The zero-order valence-corrected chi connectivity index (χ0v) is 16.3. The molecular formula is C19H21N3O5S. The van der Waals surface area contributed by atoms with Crippen molar-refractivity contribution in [1.82, 2.24) is 10.6 Å². The Kier molecular flexibility index (Phi) is 6.53. The molecule has 148 valence electrons. The number of nitrogens with one attached hydrogen (secondary N) is 2. The average molecular weight is 403 g/mol. The number of rotatable bonds is 7. The smallest absolute Gasteiger partial charge is 0.251 e. The quantitative estimate of drug-likeness (QED) is 0.620. The summed E-state index contributed by atoms with van der Waals surface area (Å²) in [4.78, 5) is 35.0. The van der Waals surface area contributed by atoms with Crippen LogP contribution in [0.15, 0.2) is 47.4 Å². The Morgan fingerprint density at radius 2 is 1.61 bits per heavy atom. The van der Waals surface area contributed by atoms with Crippen LogP contribution in [0.25, 0.3) is 0 Å². The predicted molar refractivity (Wildman–Crippen MR) is 103 cm³/mol. The van der Waals surface area contributed by atoms with E-state index in [0.717, 1.165) is 11.8 Å². The van der Waals surface area contributed by atoms with Gasteiger partial charge in [0, 0.05) is 23.9 Å². The van der Waals surface area contributed by atoms with Crippen LogP contribution in [0.1, 0.15) is 31.8 Å². The van der Waals surface area contributed by atoms with Gasteiger partial charge in [-0.2, -0.15) is 0 Å². The molecule has 0 aliphatic rings. The standard InChI is InChI=1S/C19H21N3O5S/c1-12-3-8-15(28(2,26)27)9-16(12)19(25)21-10-13-4-6-14(7-5-13)18(24)22-11-17(20)23/h3-9H,10-11H2,1-2H3,(H2,20,23)(H,21,25)(H,22,24). The van der Waals surface area contributed by atoms with E-state index in [9.17, 15) is 22.8 Å². The van der Waals surface area contributed by atoms with E-state index in [1.807, 2.05) is 0 Å². The molecule has 0 heterocycles. The third-order valence-corrected chi connectivity index (χ3v) is 5.08. The summed E-state index contributed by atoms with van der Waals surface area (Å²) in [5.74, 6) is -1.46. The fraction of sp³-hybridized carbons (Fsp3) is 0.211. The summed E-state index contributed by atoms with van der Waals surface area (Å²) in [6.45, 7) is 1.67. The maximum Gasteiger partial charge on any atom is 0.251 e. The van der Waals surface area contributed by atoms with E-state index >= 15 is 0 Å². The first-order chi connectivity index (χ1) is 13.1. The highest BCUT2D eigenvalue weighted by molar-refractivity contribution is 7.90. The van der Waals surface area contributed by atoms with Crippen molar-refractivity contribution >= 4 is 27.6 Å². The van der Waals surface area contributed by atoms with Gasteiger partial charge in [0.15, 0.2) is 9.84 Å². The molecule has 0 aliphatic heterocycles. The summed E-state index contributed by atoms with van der Waals surface area (Å²) < 4.78 is 23.4. The molecule has 0 aromatic heterocycles. The molecule has 2 rings (SSSR count). The fourth-order valence-corrected chi connectivity index (χ4v) is 3.04. The van der Waals surface area contributed by atoms with Crippen LogP contribution in [0.5, 0.6) is 0 Å². The van der Waals surface area contributed by atoms with Crippen molar-refractivity contribution in [1.29, 1.82) is 0 Å². The normalized spacial score (nSPS) is 10.9. The second-order valence-electron chi connectivity index (χ2n) is 6.28. The van der Waals surface area contributed by atoms with Gasteiger partial charge >= 0.3 is 0 Å². The molecule has 0 aliphatic carbocycles. The van der Waals surface area contributed by atoms with Crippen LogP contribution >= 0.6 is 0 Å². The second-order valence-corrected chi connectivity index (χ2v) is 8.29. The molecule has 0 fully saturated rings. The Morgan fingerprint density at radius 1 is 0.964 bits per heavy atom. The molecule has 0 bridgehead atoms. The molecule has 0 unspecified atom stereocenters. The van der Waals surface area contributed by atoms with Crippen LogP contribution in [0.2, 0.25) is 0 Å². The molecule has 0 saturated heterocycles. The lowest BCUT2D eigenvalue weighted by atomic mass is 10.1. The van der Waals surface area contributed by atoms with Crippen LogP contribution in [0.3, 0.4) is 0 Å². The summed E-state index contributed by atoms with van der Waals surface area (Å²) in [6.07, 6.45) is 1.08. The second kappa shape index (κ2) is 8.66. The Bertz CT molecular complexity index is 1010. The van der Waals surface area contributed by atoms with Crippen molar-refractivity contribution in [2.24, 2.45) is 5.73 Å². The molecule has 0 radical (unpaired) electrons. The third kappa shape index (κ3) is 5.65. The summed E-state index contributed by atoms with van der Waals surface area (Å²) in [5.41, 5.74) is 7.02. The van der Waals surface area contributed by atoms with E-state index in [-0.39, 0.29) is 23.5 Å². The lowest BCUT2D eigenvalue weighted by molar-refractivity contribution is -0.117. The van der Waals surface area contributed by atoms with E-state index in [2.05, 4.69) is 10.6 Å². The van der Waals surface area contributed by atoms with E-state index in [1.54, 1.807) is 37.3 Å². The minimum Gasteiger partial charge on any atom is -0.368 e. The number of hydrogen-bond donors (Lipinski definition) is 3. The Hall–Kier alpha value is -3.20. The minimum atomic E-state index is -3.41. The largest absolute Gasteiger partial charge is 0.368 e. The van der Waals surface area contributed by atoms with Gasteiger partial charge < -0.3 is 16.4 Å². The molecule has 2 aromatic carbocycles. The van der Waals surface area contributed by atoms with Gasteiger partial charge in [0.2, 0.25) is 5.91 Å². The van der Waals surface area contributed by atoms with Crippen LogP contribution in [0.4, 0.5) is 0 Å². The zero-order chi connectivity index (χ0) is 20.9. The van der Waals surface area contributed by atoms with Crippen LogP contribution < -0.4 is 16.4 Å². The van der Waals surface area contributed by atoms with Crippen molar-refractivity contribution in [2.75, 3.05) is 12.8 Å². The summed E-state index contributed by atoms with van der Waals surface area (Å²) in [5, 5.41) is 5.11. The lowest BCUT2D eigenvalue weighted by Crippen LogP contribution is -2.33. The van der Waals surface area contributed by atoms with E-state index in [4.69, 9.17) is 5.73 Å². The Labute approximate surface area is 163 Å². The average Bonchev–Trinajstić information content (AvgIpc) is 2.64. The Morgan fingerprint density at radius 3 is 2.18 bits per heavy atom. The molecular weight excluding hydrogens is 382 g/mol. The van der Waals surface area contributed by atoms with Gasteiger partial charge in [-0.1, -0.05) is 18.2 Å².